The lowest BCUT2D eigenvalue weighted by Gasteiger charge is -2.36. The largest absolute Gasteiger partial charge is 0.358 e. The number of nitrogens with zero attached hydrogens (tertiary/aromatic N) is 3. The van der Waals surface area contributed by atoms with Crippen LogP contribution >= 0.6 is 0 Å². The summed E-state index contributed by atoms with van der Waals surface area (Å²) in [7, 11) is 1.92. The van der Waals surface area contributed by atoms with E-state index in [-0.39, 0.29) is 30.2 Å². The maximum atomic E-state index is 13.2. The van der Waals surface area contributed by atoms with Gasteiger partial charge in [0, 0.05) is 66.7 Å². The van der Waals surface area contributed by atoms with Gasteiger partial charge in [0.15, 0.2) is 0 Å². The smallest absolute Gasteiger partial charge is 0.237 e. The van der Waals surface area contributed by atoms with Crippen molar-refractivity contribution >= 4 is 22.7 Å². The van der Waals surface area contributed by atoms with Gasteiger partial charge in [-0.15, -0.1) is 0 Å². The molecular formula is C26H31N5O2. The highest BCUT2D eigenvalue weighted by atomic mass is 16.2. The molecule has 2 fully saturated rings. The second kappa shape index (κ2) is 8.98. The third-order valence-corrected chi connectivity index (χ3v) is 7.10. The molecule has 2 aliphatic heterocycles. The van der Waals surface area contributed by atoms with Gasteiger partial charge in [-0.1, -0.05) is 11.6 Å². The van der Waals surface area contributed by atoms with Crippen LogP contribution in [0.25, 0.3) is 22.0 Å². The first-order valence-corrected chi connectivity index (χ1v) is 11.8. The minimum absolute atomic E-state index is 0.0448. The highest BCUT2D eigenvalue weighted by molar-refractivity contribution is 5.98. The van der Waals surface area contributed by atoms with Gasteiger partial charge < -0.3 is 15.2 Å². The number of aromatic nitrogens is 2. The van der Waals surface area contributed by atoms with E-state index in [1.165, 1.54) is 22.2 Å². The molecule has 0 unspecified atom stereocenters. The zero-order valence-electron chi connectivity index (χ0n) is 19.3. The van der Waals surface area contributed by atoms with Crippen LogP contribution in [0.4, 0.5) is 0 Å². The summed E-state index contributed by atoms with van der Waals surface area (Å²) >= 11 is 0. The second-order valence-electron chi connectivity index (χ2n) is 9.37. The Morgan fingerprint density at radius 2 is 2.00 bits per heavy atom. The van der Waals surface area contributed by atoms with E-state index in [9.17, 15) is 9.59 Å². The number of hydrogen-bond acceptors (Lipinski definition) is 4. The highest BCUT2D eigenvalue weighted by Gasteiger charge is 2.33. The Bertz CT molecular complexity index is 1170. The zero-order chi connectivity index (χ0) is 22.9. The quantitative estimate of drug-likeness (QED) is 0.647. The first-order chi connectivity index (χ1) is 16.0. The number of carbonyl (C=O) groups excluding carboxylic acids is 2. The molecule has 2 saturated heterocycles. The summed E-state index contributed by atoms with van der Waals surface area (Å²) in [6.07, 6.45) is 5.87. The van der Waals surface area contributed by atoms with Gasteiger partial charge in [0.05, 0.1) is 12.5 Å². The van der Waals surface area contributed by atoms with Crippen molar-refractivity contribution in [3.05, 3.63) is 54.0 Å². The summed E-state index contributed by atoms with van der Waals surface area (Å²) in [4.78, 5) is 37.3. The van der Waals surface area contributed by atoms with Crippen molar-refractivity contribution in [2.24, 2.45) is 0 Å². The van der Waals surface area contributed by atoms with Gasteiger partial charge in [-0.2, -0.15) is 0 Å². The number of piperazine rings is 1. The molecule has 7 nitrogen and oxygen atoms in total. The molecule has 7 heteroatoms. The van der Waals surface area contributed by atoms with Gasteiger partial charge in [0.2, 0.25) is 11.8 Å². The number of aryl methyl sites for hydroxylation is 1. The minimum atomic E-state index is -0.380. The predicted octanol–water partition coefficient (Wildman–Crippen LogP) is 3.06. The van der Waals surface area contributed by atoms with E-state index >= 15 is 0 Å². The SMILES string of the molecule is Cc1ccc2[nH]c([C@@H]3CCCN(C(=O)C[C@H]4C(=O)NCCN4C)C3)c(-c3ccncc3)c2c1. The average molecular weight is 446 g/mol. The predicted molar refractivity (Wildman–Crippen MR) is 129 cm³/mol. The number of likely N-dealkylation sites (N-methyl/N-ethyl adjacent to an activating group) is 1. The molecular weight excluding hydrogens is 414 g/mol. The summed E-state index contributed by atoms with van der Waals surface area (Å²) in [5.74, 6) is 0.235. The lowest BCUT2D eigenvalue weighted by molar-refractivity contribution is -0.139. The molecule has 4 heterocycles. The van der Waals surface area contributed by atoms with Crippen LogP contribution in [0.3, 0.4) is 0 Å². The number of nitrogens with one attached hydrogen (secondary N) is 2. The fourth-order valence-electron chi connectivity index (χ4n) is 5.27. The molecule has 1 aromatic carbocycles. The summed E-state index contributed by atoms with van der Waals surface area (Å²) in [6.45, 7) is 4.94. The van der Waals surface area contributed by atoms with E-state index in [0.717, 1.165) is 37.0 Å². The number of hydrogen-bond donors (Lipinski definition) is 2. The van der Waals surface area contributed by atoms with Crippen LogP contribution in [0.15, 0.2) is 42.7 Å². The summed E-state index contributed by atoms with van der Waals surface area (Å²) < 4.78 is 0. The molecule has 5 rings (SSSR count). The number of pyridine rings is 1. The van der Waals surface area contributed by atoms with Gasteiger partial charge >= 0.3 is 0 Å². The number of carbonyl (C=O) groups is 2. The Hall–Kier alpha value is -3.19. The molecule has 0 saturated carbocycles. The summed E-state index contributed by atoms with van der Waals surface area (Å²) in [5.41, 5.74) is 5.87. The van der Waals surface area contributed by atoms with Crippen molar-refractivity contribution in [1.29, 1.82) is 0 Å². The maximum Gasteiger partial charge on any atom is 0.237 e. The number of amides is 2. The molecule has 0 radical (unpaired) electrons. The Labute approximate surface area is 194 Å². The second-order valence-corrected chi connectivity index (χ2v) is 9.37. The van der Waals surface area contributed by atoms with Crippen LogP contribution in [-0.2, 0) is 9.59 Å². The van der Waals surface area contributed by atoms with Crippen molar-refractivity contribution in [3.8, 4) is 11.1 Å². The molecule has 2 atom stereocenters. The first-order valence-electron chi connectivity index (χ1n) is 11.8. The van der Waals surface area contributed by atoms with E-state index in [1.807, 2.05) is 29.2 Å². The molecule has 2 aliphatic rings. The Kier molecular flexibility index (Phi) is 5.89. The van der Waals surface area contributed by atoms with Crippen LogP contribution in [-0.4, -0.2) is 70.9 Å². The molecule has 0 spiro atoms. The molecule has 2 aromatic heterocycles. The lowest BCUT2D eigenvalue weighted by atomic mass is 9.89. The fourth-order valence-corrected chi connectivity index (χ4v) is 5.27. The Morgan fingerprint density at radius 1 is 1.18 bits per heavy atom. The normalized spacial score (nSPS) is 21.9. The standard InChI is InChI=1S/C26H31N5O2/c1-17-5-6-21-20(14-17)24(18-7-9-27-10-8-18)25(29-21)19-4-3-12-31(16-19)23(32)15-22-26(33)28-11-13-30(22)2/h5-10,14,19,22,29H,3-4,11-13,15-16H2,1-2H3,(H,28,33)/t19-,22+/m1/s1. The van der Waals surface area contributed by atoms with Crippen molar-refractivity contribution < 1.29 is 9.59 Å². The van der Waals surface area contributed by atoms with Gasteiger partial charge in [0.1, 0.15) is 0 Å². The Morgan fingerprint density at radius 3 is 2.79 bits per heavy atom. The Balaban J connectivity index is 1.43. The van der Waals surface area contributed by atoms with Crippen molar-refractivity contribution in [2.75, 3.05) is 33.2 Å². The van der Waals surface area contributed by atoms with E-state index < -0.39 is 0 Å². The van der Waals surface area contributed by atoms with Crippen molar-refractivity contribution in [2.45, 2.75) is 38.1 Å². The number of aromatic amines is 1. The zero-order valence-corrected chi connectivity index (χ0v) is 19.3. The van der Waals surface area contributed by atoms with Gasteiger partial charge in [0.25, 0.3) is 0 Å². The van der Waals surface area contributed by atoms with Gasteiger partial charge in [-0.05, 0) is 56.6 Å². The molecule has 2 N–H and O–H groups in total. The molecule has 0 bridgehead atoms. The fraction of sp³-hybridized carbons (Fsp3) is 0.423. The van der Waals surface area contributed by atoms with Gasteiger partial charge in [-0.25, -0.2) is 0 Å². The molecule has 33 heavy (non-hydrogen) atoms. The topological polar surface area (TPSA) is 81.3 Å². The van der Waals surface area contributed by atoms with Gasteiger partial charge in [-0.3, -0.25) is 19.5 Å². The van der Waals surface area contributed by atoms with E-state index in [4.69, 9.17) is 0 Å². The number of rotatable bonds is 4. The van der Waals surface area contributed by atoms with Crippen LogP contribution in [0.1, 0.15) is 36.4 Å². The minimum Gasteiger partial charge on any atom is -0.358 e. The lowest BCUT2D eigenvalue weighted by Crippen LogP contribution is -2.55. The number of likely N-dealkylation sites (tertiary alicyclic amines) is 1. The molecule has 2 amide bonds. The van der Waals surface area contributed by atoms with E-state index in [0.29, 0.717) is 13.1 Å². The summed E-state index contributed by atoms with van der Waals surface area (Å²) in [5, 5.41) is 4.10. The molecule has 3 aromatic rings. The summed E-state index contributed by atoms with van der Waals surface area (Å²) in [6, 6.07) is 10.2. The molecule has 0 aliphatic carbocycles. The van der Waals surface area contributed by atoms with Crippen molar-refractivity contribution in [3.63, 3.8) is 0 Å². The first kappa shape index (κ1) is 21.6. The number of piperidine rings is 1. The maximum absolute atomic E-state index is 13.2. The molecule has 172 valence electrons. The van der Waals surface area contributed by atoms with Crippen LogP contribution < -0.4 is 5.32 Å². The van der Waals surface area contributed by atoms with Crippen LogP contribution in [0.2, 0.25) is 0 Å². The average Bonchev–Trinajstić information content (AvgIpc) is 3.20. The van der Waals surface area contributed by atoms with Crippen LogP contribution in [0.5, 0.6) is 0 Å². The van der Waals surface area contributed by atoms with E-state index in [1.54, 1.807) is 0 Å². The highest BCUT2D eigenvalue weighted by Crippen LogP contribution is 2.39. The number of benzene rings is 1. The van der Waals surface area contributed by atoms with Crippen LogP contribution in [0, 0.1) is 6.92 Å². The third-order valence-electron chi connectivity index (χ3n) is 7.10. The number of H-pyrrole nitrogens is 1. The van der Waals surface area contributed by atoms with E-state index in [2.05, 4.69) is 52.5 Å². The van der Waals surface area contributed by atoms with Crippen molar-refractivity contribution in [1.82, 2.24) is 25.1 Å². The third kappa shape index (κ3) is 4.25. The number of fused-ring (bicyclic) bond motifs is 1. The monoisotopic (exact) mass is 445 g/mol.